The van der Waals surface area contributed by atoms with Crippen LogP contribution in [-0.2, 0) is 11.0 Å². The van der Waals surface area contributed by atoms with E-state index in [4.69, 9.17) is 9.47 Å². The normalized spacial score (nSPS) is 11.6. The molecule has 0 aliphatic heterocycles. The van der Waals surface area contributed by atoms with E-state index in [1.54, 1.807) is 4.90 Å². The average Bonchev–Trinajstić information content (AvgIpc) is 2.55. The molecule has 0 saturated carbocycles. The lowest BCUT2D eigenvalue weighted by atomic mass is 10.1. The molecule has 7 heteroatoms. The maximum absolute atomic E-state index is 13.2. The summed E-state index contributed by atoms with van der Waals surface area (Å²) in [6, 6.07) is 2.33. The summed E-state index contributed by atoms with van der Waals surface area (Å²) in [5.41, 5.74) is -0.738. The van der Waals surface area contributed by atoms with Gasteiger partial charge < -0.3 is 14.4 Å². The van der Waals surface area contributed by atoms with Crippen LogP contribution in [0.5, 0.6) is 11.5 Å². The van der Waals surface area contributed by atoms with Gasteiger partial charge in [-0.25, -0.2) is 0 Å². The van der Waals surface area contributed by atoms with Crippen molar-refractivity contribution in [1.29, 1.82) is 0 Å². The van der Waals surface area contributed by atoms with Crippen molar-refractivity contribution in [3.63, 3.8) is 0 Å². The van der Waals surface area contributed by atoms with E-state index in [0.717, 1.165) is 19.6 Å². The number of benzene rings is 1. The van der Waals surface area contributed by atoms with E-state index in [9.17, 15) is 18.0 Å². The van der Waals surface area contributed by atoms with Crippen molar-refractivity contribution in [3.05, 3.63) is 29.3 Å². The minimum absolute atomic E-state index is 0.0414. The van der Waals surface area contributed by atoms with Crippen molar-refractivity contribution in [3.8, 4) is 11.5 Å². The Kier molecular flexibility index (Phi) is 7.13. The number of halogens is 3. The number of ether oxygens (including phenoxy) is 2. The topological polar surface area (TPSA) is 38.8 Å². The Morgan fingerprint density at radius 3 is 2.33 bits per heavy atom. The summed E-state index contributed by atoms with van der Waals surface area (Å²) in [4.78, 5) is 13.7. The molecule has 0 aliphatic carbocycles. The molecule has 0 radical (unpaired) electrons. The molecule has 0 atom stereocenters. The number of carbonyl (C=O) groups is 1. The highest BCUT2D eigenvalue weighted by Gasteiger charge is 2.36. The van der Waals surface area contributed by atoms with E-state index in [0.29, 0.717) is 13.1 Å². The lowest BCUT2D eigenvalue weighted by Gasteiger charge is -2.18. The van der Waals surface area contributed by atoms with Gasteiger partial charge in [0.1, 0.15) is 5.56 Å². The second kappa shape index (κ2) is 8.61. The SMILES string of the molecule is CCCN(CC)C(=O)/C=C/c1cc(OC)c(OC)c(C(F)(F)F)c1. The van der Waals surface area contributed by atoms with Crippen LogP contribution in [0.3, 0.4) is 0 Å². The van der Waals surface area contributed by atoms with Crippen molar-refractivity contribution < 1.29 is 27.4 Å². The molecule has 0 saturated heterocycles. The van der Waals surface area contributed by atoms with Gasteiger partial charge in [0.2, 0.25) is 5.91 Å². The summed E-state index contributed by atoms with van der Waals surface area (Å²) in [5, 5.41) is 0. The number of methoxy groups -OCH3 is 2. The third-order valence-electron chi connectivity index (χ3n) is 3.41. The summed E-state index contributed by atoms with van der Waals surface area (Å²) in [5.74, 6) is -0.669. The highest BCUT2D eigenvalue weighted by atomic mass is 19.4. The zero-order chi connectivity index (χ0) is 18.3. The van der Waals surface area contributed by atoms with Gasteiger partial charge in [0, 0.05) is 19.2 Å². The number of carbonyl (C=O) groups excluding carboxylic acids is 1. The highest BCUT2D eigenvalue weighted by molar-refractivity contribution is 5.91. The number of nitrogens with zero attached hydrogens (tertiary/aromatic N) is 1. The monoisotopic (exact) mass is 345 g/mol. The minimum atomic E-state index is -4.59. The molecule has 0 fully saturated rings. The molecule has 0 spiro atoms. The Morgan fingerprint density at radius 2 is 1.88 bits per heavy atom. The second-order valence-corrected chi connectivity index (χ2v) is 5.05. The van der Waals surface area contributed by atoms with E-state index in [1.165, 1.54) is 25.3 Å². The molecule has 1 amide bonds. The van der Waals surface area contributed by atoms with Crippen LogP contribution in [-0.4, -0.2) is 38.1 Å². The van der Waals surface area contributed by atoms with Gasteiger partial charge in [0.05, 0.1) is 14.2 Å². The Bertz CT molecular complexity index is 597. The first-order valence-corrected chi connectivity index (χ1v) is 7.58. The van der Waals surface area contributed by atoms with Gasteiger partial charge in [-0.1, -0.05) is 6.92 Å². The molecule has 1 rings (SSSR count). The maximum Gasteiger partial charge on any atom is 0.420 e. The third kappa shape index (κ3) is 4.91. The molecular weight excluding hydrogens is 323 g/mol. The summed E-state index contributed by atoms with van der Waals surface area (Å²) in [6.45, 7) is 4.93. The molecule has 0 bridgehead atoms. The number of alkyl halides is 3. The first kappa shape index (κ1) is 19.9. The van der Waals surface area contributed by atoms with Gasteiger partial charge in [-0.05, 0) is 37.1 Å². The predicted molar refractivity (Wildman–Crippen MR) is 86.1 cm³/mol. The number of hydrogen-bond donors (Lipinski definition) is 0. The zero-order valence-corrected chi connectivity index (χ0v) is 14.2. The minimum Gasteiger partial charge on any atom is -0.493 e. The fraction of sp³-hybridized carbons (Fsp3) is 0.471. The van der Waals surface area contributed by atoms with E-state index in [-0.39, 0.29) is 23.0 Å². The van der Waals surface area contributed by atoms with Crippen LogP contribution in [0.15, 0.2) is 18.2 Å². The first-order chi connectivity index (χ1) is 11.3. The van der Waals surface area contributed by atoms with Crippen LogP contribution in [0.1, 0.15) is 31.4 Å². The number of hydrogen-bond acceptors (Lipinski definition) is 3. The van der Waals surface area contributed by atoms with E-state index in [2.05, 4.69) is 0 Å². The summed E-state index contributed by atoms with van der Waals surface area (Å²) in [6.07, 6.45) is -1.18. The van der Waals surface area contributed by atoms with Crippen LogP contribution >= 0.6 is 0 Å². The molecule has 0 unspecified atom stereocenters. The largest absolute Gasteiger partial charge is 0.493 e. The fourth-order valence-electron chi connectivity index (χ4n) is 2.26. The van der Waals surface area contributed by atoms with E-state index in [1.807, 2.05) is 13.8 Å². The van der Waals surface area contributed by atoms with Crippen molar-refractivity contribution in [2.45, 2.75) is 26.4 Å². The van der Waals surface area contributed by atoms with E-state index < -0.39 is 11.7 Å². The van der Waals surface area contributed by atoms with Gasteiger partial charge in [0.25, 0.3) is 0 Å². The Hall–Kier alpha value is -2.18. The molecule has 0 heterocycles. The predicted octanol–water partition coefficient (Wildman–Crippen LogP) is 3.99. The molecule has 1 aromatic rings. The summed E-state index contributed by atoms with van der Waals surface area (Å²) >= 11 is 0. The van der Waals surface area contributed by atoms with Crippen LogP contribution in [0.25, 0.3) is 6.08 Å². The van der Waals surface area contributed by atoms with Gasteiger partial charge in [-0.3, -0.25) is 4.79 Å². The Morgan fingerprint density at radius 1 is 1.21 bits per heavy atom. The third-order valence-corrected chi connectivity index (χ3v) is 3.41. The van der Waals surface area contributed by atoms with Crippen LogP contribution in [0.4, 0.5) is 13.2 Å². The lowest BCUT2D eigenvalue weighted by molar-refractivity contribution is -0.138. The van der Waals surface area contributed by atoms with E-state index >= 15 is 0 Å². The molecule has 0 aromatic heterocycles. The fourth-order valence-corrected chi connectivity index (χ4v) is 2.26. The van der Waals surface area contributed by atoms with Gasteiger partial charge in [-0.15, -0.1) is 0 Å². The molecule has 0 N–H and O–H groups in total. The van der Waals surface area contributed by atoms with Gasteiger partial charge in [-0.2, -0.15) is 13.2 Å². The van der Waals surface area contributed by atoms with Crippen LogP contribution in [0.2, 0.25) is 0 Å². The molecule has 0 aliphatic rings. The molecule has 24 heavy (non-hydrogen) atoms. The summed E-state index contributed by atoms with van der Waals surface area (Å²) in [7, 11) is 2.41. The molecule has 4 nitrogen and oxygen atoms in total. The number of likely N-dealkylation sites (N-methyl/N-ethyl adjacent to an activating group) is 1. The number of rotatable bonds is 7. The van der Waals surface area contributed by atoms with Crippen LogP contribution in [0, 0.1) is 0 Å². The van der Waals surface area contributed by atoms with Crippen molar-refractivity contribution in [1.82, 2.24) is 4.90 Å². The Labute approximate surface area is 139 Å². The summed E-state index contributed by atoms with van der Waals surface area (Å²) < 4.78 is 49.3. The highest BCUT2D eigenvalue weighted by Crippen LogP contribution is 2.42. The quantitative estimate of drug-likeness (QED) is 0.701. The molecule has 134 valence electrons. The Balaban J connectivity index is 3.21. The molecular formula is C17H22F3NO3. The lowest BCUT2D eigenvalue weighted by Crippen LogP contribution is -2.29. The van der Waals surface area contributed by atoms with Crippen LogP contribution < -0.4 is 9.47 Å². The smallest absolute Gasteiger partial charge is 0.420 e. The van der Waals surface area contributed by atoms with Gasteiger partial charge in [0.15, 0.2) is 11.5 Å². The van der Waals surface area contributed by atoms with Crippen molar-refractivity contribution in [2.24, 2.45) is 0 Å². The molecule has 1 aromatic carbocycles. The average molecular weight is 345 g/mol. The zero-order valence-electron chi connectivity index (χ0n) is 14.2. The maximum atomic E-state index is 13.2. The van der Waals surface area contributed by atoms with Crippen molar-refractivity contribution >= 4 is 12.0 Å². The van der Waals surface area contributed by atoms with Gasteiger partial charge >= 0.3 is 6.18 Å². The van der Waals surface area contributed by atoms with Crippen molar-refractivity contribution in [2.75, 3.05) is 27.3 Å². The standard InChI is InChI=1S/C17H22F3NO3/c1-5-9-21(6-2)15(22)8-7-12-10-13(17(18,19)20)16(24-4)14(11-12)23-3/h7-8,10-11H,5-6,9H2,1-4H3/b8-7+. The second-order valence-electron chi connectivity index (χ2n) is 5.05. The number of amides is 1. The first-order valence-electron chi connectivity index (χ1n) is 7.58.